The van der Waals surface area contributed by atoms with Gasteiger partial charge in [0.25, 0.3) is 0 Å². The van der Waals surface area contributed by atoms with Gasteiger partial charge in [-0.2, -0.15) is 0 Å². The van der Waals surface area contributed by atoms with Crippen molar-refractivity contribution in [3.05, 3.63) is 36.4 Å². The molecule has 0 radical (unpaired) electrons. The normalized spacial score (nSPS) is 10.3. The fourth-order valence-corrected chi connectivity index (χ4v) is 1.79. The Balaban J connectivity index is 2.68. The molecule has 0 bridgehead atoms. The van der Waals surface area contributed by atoms with Crippen LogP contribution < -0.4 is 14.8 Å². The standard InChI is InChI=1S/C17H27NO2/c1-4-7-8-12-20-17-13-16(19-11-5-2)10-9-15(17)14-18-6-3/h4,9-10,13,18H,1,5-8,11-12,14H2,2-3H3. The maximum atomic E-state index is 5.89. The number of nitrogens with one attached hydrogen (secondary N) is 1. The fraction of sp³-hybridized carbons (Fsp3) is 0.529. The highest BCUT2D eigenvalue weighted by Gasteiger charge is 2.06. The van der Waals surface area contributed by atoms with Crippen molar-refractivity contribution in [3.8, 4) is 11.5 Å². The van der Waals surface area contributed by atoms with Gasteiger partial charge in [0.05, 0.1) is 13.2 Å². The van der Waals surface area contributed by atoms with Crippen molar-refractivity contribution in [1.29, 1.82) is 0 Å². The number of hydrogen-bond acceptors (Lipinski definition) is 3. The van der Waals surface area contributed by atoms with Crippen LogP contribution in [0.25, 0.3) is 0 Å². The molecule has 0 atom stereocenters. The van der Waals surface area contributed by atoms with E-state index in [0.29, 0.717) is 6.61 Å². The van der Waals surface area contributed by atoms with Gasteiger partial charge in [-0.25, -0.2) is 0 Å². The van der Waals surface area contributed by atoms with E-state index in [1.54, 1.807) is 0 Å². The Morgan fingerprint density at radius 2 is 2.05 bits per heavy atom. The highest BCUT2D eigenvalue weighted by Crippen LogP contribution is 2.25. The molecule has 1 N–H and O–H groups in total. The zero-order chi connectivity index (χ0) is 14.6. The second-order valence-corrected chi connectivity index (χ2v) is 4.68. The second-order valence-electron chi connectivity index (χ2n) is 4.68. The summed E-state index contributed by atoms with van der Waals surface area (Å²) in [5.41, 5.74) is 1.18. The monoisotopic (exact) mass is 277 g/mol. The molecule has 0 heterocycles. The van der Waals surface area contributed by atoms with Crippen molar-refractivity contribution >= 4 is 0 Å². The molecule has 1 aromatic rings. The molecule has 0 saturated heterocycles. The summed E-state index contributed by atoms with van der Waals surface area (Å²) in [5, 5.41) is 3.33. The molecule has 0 aliphatic rings. The van der Waals surface area contributed by atoms with Gasteiger partial charge in [-0.3, -0.25) is 0 Å². The van der Waals surface area contributed by atoms with Crippen LogP contribution >= 0.6 is 0 Å². The number of allylic oxidation sites excluding steroid dienone is 1. The van der Waals surface area contributed by atoms with Crippen molar-refractivity contribution in [3.63, 3.8) is 0 Å². The Kier molecular flexibility index (Phi) is 8.56. The topological polar surface area (TPSA) is 30.5 Å². The third-order valence-electron chi connectivity index (χ3n) is 2.89. The highest BCUT2D eigenvalue weighted by atomic mass is 16.5. The second kappa shape index (κ2) is 10.3. The lowest BCUT2D eigenvalue weighted by atomic mass is 10.2. The summed E-state index contributed by atoms with van der Waals surface area (Å²) in [7, 11) is 0. The van der Waals surface area contributed by atoms with E-state index in [-0.39, 0.29) is 0 Å². The van der Waals surface area contributed by atoms with Crippen molar-refractivity contribution < 1.29 is 9.47 Å². The van der Waals surface area contributed by atoms with Crippen LogP contribution in [0.3, 0.4) is 0 Å². The van der Waals surface area contributed by atoms with Crippen molar-refractivity contribution in [2.75, 3.05) is 19.8 Å². The summed E-state index contributed by atoms with van der Waals surface area (Å²) in [6.45, 7) is 11.1. The number of ether oxygens (including phenoxy) is 2. The van der Waals surface area contributed by atoms with Crippen molar-refractivity contribution in [2.45, 2.75) is 39.7 Å². The molecule has 0 aliphatic carbocycles. The summed E-state index contributed by atoms with van der Waals surface area (Å²) in [5.74, 6) is 1.80. The van der Waals surface area contributed by atoms with E-state index < -0.39 is 0 Å². The maximum absolute atomic E-state index is 5.89. The van der Waals surface area contributed by atoms with Gasteiger partial charge in [0.1, 0.15) is 11.5 Å². The largest absolute Gasteiger partial charge is 0.493 e. The summed E-state index contributed by atoms with van der Waals surface area (Å²) in [4.78, 5) is 0. The van der Waals surface area contributed by atoms with Crippen LogP contribution in [0.1, 0.15) is 38.7 Å². The zero-order valence-corrected chi connectivity index (χ0v) is 12.8. The SMILES string of the molecule is C=CCCCOc1cc(OCCC)ccc1CNCC. The molecule has 0 fully saturated rings. The van der Waals surface area contributed by atoms with Crippen LogP contribution in [0.2, 0.25) is 0 Å². The lowest BCUT2D eigenvalue weighted by molar-refractivity contribution is 0.296. The average Bonchev–Trinajstić information content (AvgIpc) is 2.48. The van der Waals surface area contributed by atoms with Gasteiger partial charge in [-0.1, -0.05) is 26.0 Å². The van der Waals surface area contributed by atoms with Gasteiger partial charge in [0, 0.05) is 18.2 Å². The van der Waals surface area contributed by atoms with E-state index in [1.165, 1.54) is 5.56 Å². The first-order valence-electron chi connectivity index (χ1n) is 7.52. The van der Waals surface area contributed by atoms with Crippen LogP contribution in [0.4, 0.5) is 0 Å². The Hall–Kier alpha value is -1.48. The summed E-state index contributed by atoms with van der Waals surface area (Å²) < 4.78 is 11.6. The van der Waals surface area contributed by atoms with Crippen molar-refractivity contribution in [2.24, 2.45) is 0 Å². The Bertz CT molecular complexity index is 391. The summed E-state index contributed by atoms with van der Waals surface area (Å²) in [6.07, 6.45) is 4.90. The molecule has 0 amide bonds. The fourth-order valence-electron chi connectivity index (χ4n) is 1.79. The van der Waals surface area contributed by atoms with E-state index in [4.69, 9.17) is 9.47 Å². The Labute approximate surface area is 123 Å². The molecular formula is C17H27NO2. The van der Waals surface area contributed by atoms with Crippen molar-refractivity contribution in [1.82, 2.24) is 5.32 Å². The quantitative estimate of drug-likeness (QED) is 0.491. The third kappa shape index (κ3) is 6.11. The number of hydrogen-bond donors (Lipinski definition) is 1. The number of unbranched alkanes of at least 4 members (excludes halogenated alkanes) is 1. The predicted octanol–water partition coefficient (Wildman–Crippen LogP) is 3.93. The van der Waals surface area contributed by atoms with Crippen LogP contribution in [-0.4, -0.2) is 19.8 Å². The van der Waals surface area contributed by atoms with Crippen LogP contribution in [0.5, 0.6) is 11.5 Å². The summed E-state index contributed by atoms with van der Waals surface area (Å²) in [6, 6.07) is 6.09. The molecule has 112 valence electrons. The van der Waals surface area contributed by atoms with Gasteiger partial charge < -0.3 is 14.8 Å². The van der Waals surface area contributed by atoms with Crippen LogP contribution in [0.15, 0.2) is 30.9 Å². The van der Waals surface area contributed by atoms with E-state index >= 15 is 0 Å². The molecule has 0 aromatic heterocycles. The Morgan fingerprint density at radius 1 is 1.20 bits per heavy atom. The molecule has 0 spiro atoms. The van der Waals surface area contributed by atoms with Crippen LogP contribution in [0, 0.1) is 0 Å². The highest BCUT2D eigenvalue weighted by molar-refractivity contribution is 5.40. The van der Waals surface area contributed by atoms with E-state index in [0.717, 1.165) is 50.5 Å². The molecule has 3 heteroatoms. The molecule has 1 rings (SSSR count). The predicted molar refractivity (Wildman–Crippen MR) is 84.5 cm³/mol. The van der Waals surface area contributed by atoms with Gasteiger partial charge in [0.15, 0.2) is 0 Å². The molecule has 0 saturated carbocycles. The molecule has 0 aliphatic heterocycles. The molecular weight excluding hydrogens is 250 g/mol. The minimum atomic E-state index is 0.711. The first-order valence-corrected chi connectivity index (χ1v) is 7.52. The minimum Gasteiger partial charge on any atom is -0.493 e. The third-order valence-corrected chi connectivity index (χ3v) is 2.89. The summed E-state index contributed by atoms with van der Waals surface area (Å²) >= 11 is 0. The van der Waals surface area contributed by atoms with Gasteiger partial charge in [-0.15, -0.1) is 6.58 Å². The lowest BCUT2D eigenvalue weighted by Crippen LogP contribution is -2.13. The van der Waals surface area contributed by atoms with Gasteiger partial charge >= 0.3 is 0 Å². The maximum Gasteiger partial charge on any atom is 0.127 e. The minimum absolute atomic E-state index is 0.711. The molecule has 20 heavy (non-hydrogen) atoms. The number of benzene rings is 1. The first kappa shape index (κ1) is 16.6. The zero-order valence-electron chi connectivity index (χ0n) is 12.8. The molecule has 0 unspecified atom stereocenters. The first-order chi connectivity index (χ1) is 9.81. The lowest BCUT2D eigenvalue weighted by Gasteiger charge is -2.14. The average molecular weight is 277 g/mol. The smallest absolute Gasteiger partial charge is 0.127 e. The van der Waals surface area contributed by atoms with Gasteiger partial charge in [-0.05, 0) is 31.9 Å². The Morgan fingerprint density at radius 3 is 2.75 bits per heavy atom. The molecule has 1 aromatic carbocycles. The van der Waals surface area contributed by atoms with E-state index in [9.17, 15) is 0 Å². The number of rotatable bonds is 11. The van der Waals surface area contributed by atoms with Gasteiger partial charge in [0.2, 0.25) is 0 Å². The molecule has 3 nitrogen and oxygen atoms in total. The van der Waals surface area contributed by atoms with E-state index in [1.807, 2.05) is 18.2 Å². The van der Waals surface area contributed by atoms with Crippen LogP contribution in [-0.2, 0) is 6.54 Å². The van der Waals surface area contributed by atoms with E-state index in [2.05, 4.69) is 31.8 Å².